The first-order valence-electron chi connectivity index (χ1n) is 41.5. The summed E-state index contributed by atoms with van der Waals surface area (Å²) < 4.78 is 23.9. The van der Waals surface area contributed by atoms with Gasteiger partial charge in [-0.3, -0.25) is 14.4 Å². The molecule has 0 radical (unpaired) electrons. The fourth-order valence-electron chi connectivity index (χ4n) is 15.0. The van der Waals surface area contributed by atoms with Gasteiger partial charge in [-0.25, -0.2) is 64.2 Å². The van der Waals surface area contributed by atoms with Gasteiger partial charge in [0.25, 0.3) is 0 Å². The fraction of sp³-hybridized carbons (Fsp3) is 0.309. The van der Waals surface area contributed by atoms with Crippen LogP contribution in [0.3, 0.4) is 0 Å². The van der Waals surface area contributed by atoms with Crippen LogP contribution in [0.1, 0.15) is 69.2 Å². The van der Waals surface area contributed by atoms with Gasteiger partial charge in [0.15, 0.2) is 0 Å². The molecular weight excluding hydrogens is 1760 g/mol. The average molecular weight is 1860 g/mol. The predicted molar refractivity (Wildman–Crippen MR) is 510 cm³/mol. The van der Waals surface area contributed by atoms with Crippen LogP contribution in [-0.2, 0) is 33.2 Å². The molecule has 129 heavy (non-hydrogen) atoms. The van der Waals surface area contributed by atoms with E-state index in [2.05, 4.69) is 96.6 Å². The summed E-state index contributed by atoms with van der Waals surface area (Å²) in [5.41, 5.74) is 3.29. The first-order chi connectivity index (χ1) is 61.6. The molecule has 4 aliphatic rings. The first kappa shape index (κ1) is 93.4. The van der Waals surface area contributed by atoms with E-state index in [1.165, 1.54) is 34.4 Å². The highest BCUT2D eigenvalue weighted by Gasteiger charge is 2.52. The maximum absolute atomic E-state index is 13.1. The number of fused-ring (bicyclic) bond motifs is 6. The van der Waals surface area contributed by atoms with E-state index in [1.54, 1.807) is 81.0 Å². The topological polar surface area (TPSA) is 348 Å². The molecule has 0 unspecified atom stereocenters. The van der Waals surface area contributed by atoms with Crippen LogP contribution in [0.25, 0.3) is 87.5 Å². The normalized spacial score (nSPS) is 14.8. The number of nitrogens with zero attached hydrogens (tertiary/aromatic N) is 20. The highest BCUT2D eigenvalue weighted by Crippen LogP contribution is 2.43. The molecule has 4 saturated heterocycles. The van der Waals surface area contributed by atoms with Crippen LogP contribution >= 0.6 is 50.7 Å². The van der Waals surface area contributed by atoms with Crippen molar-refractivity contribution in [2.24, 2.45) is 0 Å². The van der Waals surface area contributed by atoms with Gasteiger partial charge in [0.05, 0.1) is 67.4 Å². The number of hydrogen-bond acceptors (Lipinski definition) is 25. The molecule has 12 aromatic rings. The lowest BCUT2D eigenvalue weighted by molar-refractivity contribution is -0.127. The summed E-state index contributed by atoms with van der Waals surface area (Å²) in [6.07, 6.45) is 7.38. The van der Waals surface area contributed by atoms with E-state index in [-0.39, 0.29) is 43.2 Å². The van der Waals surface area contributed by atoms with Gasteiger partial charge >= 0.3 is 19.3 Å². The second-order valence-electron chi connectivity index (χ2n) is 33.4. The number of halogens is 4. The summed E-state index contributed by atoms with van der Waals surface area (Å²) in [6, 6.07) is 46.1. The first-order valence-corrected chi connectivity index (χ1v) is 43.4. The number of ether oxygens (including phenoxy) is 2. The van der Waals surface area contributed by atoms with Gasteiger partial charge in [-0.15, -0.1) is 0 Å². The van der Waals surface area contributed by atoms with Crippen LogP contribution in [0.15, 0.2) is 189 Å². The van der Waals surface area contributed by atoms with Gasteiger partial charge in [0.1, 0.15) is 89.3 Å². The van der Waals surface area contributed by atoms with Crippen molar-refractivity contribution in [3.63, 3.8) is 0 Å². The number of carbonyl (C=O) groups is 5. The Hall–Kier alpha value is -13.3. The van der Waals surface area contributed by atoms with Crippen molar-refractivity contribution in [1.29, 1.82) is 15.8 Å². The van der Waals surface area contributed by atoms with Crippen molar-refractivity contribution in [2.75, 3.05) is 128 Å². The molecule has 0 spiro atoms. The predicted octanol–water partition coefficient (Wildman–Crippen LogP) is 16.5. The number of hydrogen-bond donors (Lipinski definition) is 1. The van der Waals surface area contributed by atoms with Crippen molar-refractivity contribution in [3.8, 4) is 40.7 Å². The van der Waals surface area contributed by atoms with Crippen LogP contribution in [0.5, 0.6) is 0 Å². The van der Waals surface area contributed by atoms with Crippen LogP contribution in [0.2, 0.25) is 15.1 Å². The van der Waals surface area contributed by atoms with E-state index in [1.807, 2.05) is 155 Å². The minimum Gasteiger partial charge on any atom is -0.443 e. The Bertz CT molecular complexity index is 6480. The molecule has 30 nitrogen and oxygen atoms in total. The molecule has 0 saturated carbocycles. The number of amides is 5. The molecule has 4 fully saturated rings. The largest absolute Gasteiger partial charge is 0.496 e. The highest BCUT2D eigenvalue weighted by atomic mass is 79.9. The summed E-state index contributed by atoms with van der Waals surface area (Å²) in [7, 11) is -0.557. The van der Waals surface area contributed by atoms with Gasteiger partial charge in [-0.1, -0.05) is 127 Å². The molecular formula is C94H94BBrCl3N21O9. The third kappa shape index (κ3) is 21.5. The molecule has 10 heterocycles. The molecule has 5 amide bonds. The lowest BCUT2D eigenvalue weighted by Crippen LogP contribution is -2.48. The molecule has 660 valence electrons. The minimum atomic E-state index is -0.753. The third-order valence-electron chi connectivity index (χ3n) is 22.1. The smallest absolute Gasteiger partial charge is 0.443 e. The summed E-state index contributed by atoms with van der Waals surface area (Å²) >= 11 is 23.8. The van der Waals surface area contributed by atoms with E-state index in [9.17, 15) is 29.2 Å². The number of rotatable bonds is 15. The van der Waals surface area contributed by atoms with Crippen LogP contribution < -0.4 is 35.3 Å². The van der Waals surface area contributed by atoms with E-state index in [4.69, 9.17) is 74.1 Å². The molecule has 6 aromatic heterocycles. The Labute approximate surface area is 770 Å². The monoisotopic (exact) mass is 1860 g/mol. The molecule has 0 bridgehead atoms. The minimum absolute atomic E-state index is 0.0442. The van der Waals surface area contributed by atoms with Gasteiger partial charge in [-0.2, -0.15) is 15.8 Å². The zero-order valence-corrected chi connectivity index (χ0v) is 76.9. The number of nitriles is 3. The van der Waals surface area contributed by atoms with Gasteiger partial charge in [0, 0.05) is 132 Å². The van der Waals surface area contributed by atoms with Crippen LogP contribution in [-0.4, -0.2) is 217 Å². The number of piperazine rings is 3. The molecule has 0 atom stereocenters. The van der Waals surface area contributed by atoms with Gasteiger partial charge in [-0.05, 0) is 174 Å². The van der Waals surface area contributed by atoms with E-state index in [0.29, 0.717) is 132 Å². The Morgan fingerprint density at radius 2 is 0.837 bits per heavy atom. The SMILES string of the molecule is C=CC(=O)N1CCN(c2ncnc3cc(-c4nc(N(CC#N)C(=O)OC(C)(C)C)cc5ccccc45)c(Cl)cc23)CC1.C=CC(=O)N1CCN(c2ncnc3cc(-c4nc(NCC#N)cc5ccccc45)c(Cl)cc23)CC1.C=CC(=O)N1CCN(c2ncnc3cc(B4OC(C)(C)C(C)(C)O4)c(Cl)cc23)CC1.CC(C)(C)OC(=O)N(CC#N)c1cc2ccccc2c(Br)n1. The summed E-state index contributed by atoms with van der Waals surface area (Å²) in [5.74, 6) is 3.39. The van der Waals surface area contributed by atoms with Crippen molar-refractivity contribution in [1.82, 2.24) is 59.6 Å². The quantitative estimate of drug-likeness (QED) is 0.0431. The van der Waals surface area contributed by atoms with E-state index >= 15 is 0 Å². The summed E-state index contributed by atoms with van der Waals surface area (Å²) in [4.78, 5) is 116. The third-order valence-corrected chi connectivity index (χ3v) is 23.6. The Balaban J connectivity index is 0.000000150. The Morgan fingerprint density at radius 1 is 0.481 bits per heavy atom. The van der Waals surface area contributed by atoms with Crippen molar-refractivity contribution in [2.45, 2.75) is 91.6 Å². The van der Waals surface area contributed by atoms with Gasteiger partial charge < -0.3 is 53.5 Å². The number of aromatic nitrogens is 9. The molecule has 0 aliphatic carbocycles. The Morgan fingerprint density at radius 3 is 1.22 bits per heavy atom. The Kier molecular flexibility index (Phi) is 28.9. The zero-order valence-electron chi connectivity index (χ0n) is 73.0. The highest BCUT2D eigenvalue weighted by molar-refractivity contribution is 9.10. The summed E-state index contributed by atoms with van der Waals surface area (Å²) in [5, 5.41) is 39.9. The number of benzene rings is 6. The lowest BCUT2D eigenvalue weighted by Gasteiger charge is -2.35. The zero-order chi connectivity index (χ0) is 92.4. The molecule has 4 aliphatic heterocycles. The average Bonchev–Trinajstić information content (AvgIpc) is 1.70. The van der Waals surface area contributed by atoms with Crippen LogP contribution in [0.4, 0.5) is 44.5 Å². The van der Waals surface area contributed by atoms with Crippen molar-refractivity contribution >= 4 is 193 Å². The maximum Gasteiger partial charge on any atom is 0.496 e. The number of nitrogens with one attached hydrogen (secondary N) is 1. The molecule has 1 N–H and O–H groups in total. The van der Waals surface area contributed by atoms with Gasteiger partial charge in [0.2, 0.25) is 17.7 Å². The lowest BCUT2D eigenvalue weighted by atomic mass is 9.78. The second kappa shape index (κ2) is 40.0. The van der Waals surface area contributed by atoms with E-state index in [0.717, 1.165) is 88.0 Å². The number of carbonyl (C=O) groups excluding carboxylic acids is 5. The molecule has 16 rings (SSSR count). The van der Waals surface area contributed by atoms with Crippen molar-refractivity contribution in [3.05, 3.63) is 204 Å². The standard InChI is InChI=1S/C31H30ClN7O3.C26H22ClN7O.C21H26BClN4O3.C16H16BrN3O2/c1-5-27(40)37-12-14-38(15-13-37)29-23-17-24(32)22(18-25(23)34-19-35-29)28-21-9-7-6-8-20(21)16-26(36-28)39(11-10-33)30(41)42-31(2,3)4;1-2-24(35)33-9-11-34(12-10-33)26-20-14-21(27)19(15-22(20)30-16-31-26)25-18-6-4-3-5-17(18)13-23(32-25)29-8-7-28;1-6-18(28)26-7-9-27(10-8-26)19-14-11-16(23)15(12-17(14)24-13-25-19)22-29-20(2,3)21(4,5)30-22;1-16(2,3)22-15(21)20(9-8-18)13-10-11-6-4-5-7-12(11)14(17)19-13/h5-9,16-19H,1,11-15H2,2-4H3;2-6,13-16H,1,8-12H2,(H,29,32);6,11-13H,1,7-10H2,2-5H3;4-7,10H,9H2,1-3H3. The number of pyridine rings is 3. The second-order valence-corrected chi connectivity index (χ2v) is 35.4. The molecule has 35 heteroatoms. The number of anilines is 6. The van der Waals surface area contributed by atoms with E-state index < -0.39 is 41.7 Å². The summed E-state index contributed by atoms with van der Waals surface area (Å²) in [6.45, 7) is 36.6. The molecule has 6 aromatic carbocycles. The van der Waals surface area contributed by atoms with Crippen LogP contribution in [0, 0.1) is 34.0 Å². The maximum atomic E-state index is 13.1. The van der Waals surface area contributed by atoms with Crippen molar-refractivity contribution < 1.29 is 42.8 Å². The fourth-order valence-corrected chi connectivity index (χ4v) is 16.3.